The molecule has 0 amide bonds. The molecule has 2 aromatic heterocycles. The molecule has 0 aliphatic rings. The van der Waals surface area contributed by atoms with Crippen LogP contribution in [0.3, 0.4) is 0 Å². The summed E-state index contributed by atoms with van der Waals surface area (Å²) in [7, 11) is 1.63. The van der Waals surface area contributed by atoms with Gasteiger partial charge < -0.3 is 20.0 Å². The van der Waals surface area contributed by atoms with Crippen LogP contribution in [0, 0.1) is 6.92 Å². The van der Waals surface area contributed by atoms with E-state index in [1.54, 1.807) is 7.11 Å². The molecule has 0 aliphatic carbocycles. The number of ether oxygens (including phenoxy) is 1. The van der Waals surface area contributed by atoms with Crippen LogP contribution in [0.2, 0.25) is 0 Å². The lowest BCUT2D eigenvalue weighted by Crippen LogP contribution is -1.90. The largest absolute Gasteiger partial charge is 0.495 e. The van der Waals surface area contributed by atoms with E-state index in [1.807, 2.05) is 25.1 Å². The quantitative estimate of drug-likeness (QED) is 0.725. The summed E-state index contributed by atoms with van der Waals surface area (Å²) in [6.07, 6.45) is 1.49. The van der Waals surface area contributed by atoms with E-state index < -0.39 is 0 Å². The van der Waals surface area contributed by atoms with Crippen molar-refractivity contribution in [2.24, 2.45) is 0 Å². The smallest absolute Gasteiger partial charge is 0.193 e. The fourth-order valence-electron chi connectivity index (χ4n) is 2.17. The highest BCUT2D eigenvalue weighted by atomic mass is 16.5. The van der Waals surface area contributed by atoms with E-state index in [1.165, 1.54) is 6.20 Å². The van der Waals surface area contributed by atoms with Crippen LogP contribution in [0.4, 0.5) is 5.69 Å². The highest BCUT2D eigenvalue weighted by Crippen LogP contribution is 2.39. The molecule has 3 rings (SSSR count). The van der Waals surface area contributed by atoms with Gasteiger partial charge in [0.25, 0.3) is 0 Å². The Morgan fingerprint density at radius 3 is 2.89 bits per heavy atom. The van der Waals surface area contributed by atoms with Gasteiger partial charge in [0.2, 0.25) is 0 Å². The van der Waals surface area contributed by atoms with E-state index in [4.69, 9.17) is 15.0 Å². The lowest BCUT2D eigenvalue weighted by Gasteiger charge is -2.07. The first-order valence-corrected chi connectivity index (χ1v) is 5.57. The van der Waals surface area contributed by atoms with Crippen molar-refractivity contribution < 1.29 is 9.26 Å². The van der Waals surface area contributed by atoms with E-state index in [0.717, 1.165) is 27.9 Å². The summed E-state index contributed by atoms with van der Waals surface area (Å²) in [5.41, 5.74) is 9.22. The number of nitrogen functional groups attached to an aromatic ring is 1. The van der Waals surface area contributed by atoms with Crippen molar-refractivity contribution in [1.29, 1.82) is 0 Å². The third kappa shape index (κ3) is 1.44. The van der Waals surface area contributed by atoms with Crippen LogP contribution in [0.1, 0.15) is 5.69 Å². The summed E-state index contributed by atoms with van der Waals surface area (Å²) < 4.78 is 10.7. The topological polar surface area (TPSA) is 77.1 Å². The van der Waals surface area contributed by atoms with Crippen molar-refractivity contribution in [2.45, 2.75) is 6.92 Å². The zero-order chi connectivity index (χ0) is 12.7. The van der Waals surface area contributed by atoms with Crippen molar-refractivity contribution >= 4 is 16.6 Å². The molecule has 0 radical (unpaired) electrons. The van der Waals surface area contributed by atoms with E-state index in [0.29, 0.717) is 11.4 Å². The first-order chi connectivity index (χ1) is 8.70. The van der Waals surface area contributed by atoms with Gasteiger partial charge in [-0.2, -0.15) is 0 Å². The Morgan fingerprint density at radius 2 is 2.22 bits per heavy atom. The maximum Gasteiger partial charge on any atom is 0.193 e. The van der Waals surface area contributed by atoms with Crippen molar-refractivity contribution in [1.82, 2.24) is 10.1 Å². The molecule has 92 valence electrons. The molecule has 5 nitrogen and oxygen atoms in total. The van der Waals surface area contributed by atoms with Gasteiger partial charge in [0.15, 0.2) is 5.76 Å². The molecule has 18 heavy (non-hydrogen) atoms. The number of rotatable bonds is 2. The minimum Gasteiger partial charge on any atom is -0.495 e. The Bertz CT molecular complexity index is 712. The molecule has 3 N–H and O–H groups in total. The molecule has 5 heteroatoms. The number of aromatic amines is 1. The summed E-state index contributed by atoms with van der Waals surface area (Å²) in [4.78, 5) is 3.26. The molecule has 0 saturated heterocycles. The van der Waals surface area contributed by atoms with Crippen LogP contribution in [0.15, 0.2) is 28.9 Å². The lowest BCUT2D eigenvalue weighted by molar-refractivity contribution is 0.410. The zero-order valence-corrected chi connectivity index (χ0v) is 10.2. The molecule has 0 fully saturated rings. The summed E-state index contributed by atoms with van der Waals surface area (Å²) in [6, 6.07) is 5.92. The van der Waals surface area contributed by atoms with Gasteiger partial charge in [-0.1, -0.05) is 5.16 Å². The second-order valence-corrected chi connectivity index (χ2v) is 4.17. The number of benzene rings is 1. The predicted octanol–water partition coefficient (Wildman–Crippen LogP) is 2.72. The predicted molar refractivity (Wildman–Crippen MR) is 69.5 cm³/mol. The van der Waals surface area contributed by atoms with Gasteiger partial charge in [-0.25, -0.2) is 0 Å². The summed E-state index contributed by atoms with van der Waals surface area (Å²) in [6.45, 7) is 2.00. The summed E-state index contributed by atoms with van der Waals surface area (Å²) in [5.74, 6) is 1.27. The fourth-order valence-corrected chi connectivity index (χ4v) is 2.17. The van der Waals surface area contributed by atoms with Crippen LogP contribution in [-0.2, 0) is 0 Å². The van der Waals surface area contributed by atoms with E-state index in [-0.39, 0.29) is 0 Å². The number of nitrogens with two attached hydrogens (primary N) is 1. The number of nitrogens with one attached hydrogen (secondary N) is 1. The first kappa shape index (κ1) is 10.7. The van der Waals surface area contributed by atoms with Crippen molar-refractivity contribution in [3.63, 3.8) is 0 Å². The molecule has 0 unspecified atom stereocenters. The molecule has 0 bridgehead atoms. The standard InChI is InChI=1S/C13H13N3O2/c1-7-5-9-11(16-7)4-3-8(12(9)17-2)13-10(14)6-15-18-13/h3-6,16H,14H2,1-2H3. The van der Waals surface area contributed by atoms with Crippen LogP contribution in [0.25, 0.3) is 22.2 Å². The van der Waals surface area contributed by atoms with Crippen molar-refractivity contribution in [3.05, 3.63) is 30.1 Å². The minimum atomic E-state index is 0.500. The second-order valence-electron chi connectivity index (χ2n) is 4.17. The Morgan fingerprint density at radius 1 is 1.39 bits per heavy atom. The number of nitrogens with zero attached hydrogens (tertiary/aromatic N) is 1. The number of H-pyrrole nitrogens is 1. The highest BCUT2D eigenvalue weighted by Gasteiger charge is 2.16. The van der Waals surface area contributed by atoms with Gasteiger partial charge in [0.1, 0.15) is 11.4 Å². The SMILES string of the molecule is COc1c(-c2oncc2N)ccc2[nH]c(C)cc12. The van der Waals surface area contributed by atoms with Gasteiger partial charge in [-0.15, -0.1) is 0 Å². The third-order valence-corrected chi connectivity index (χ3v) is 2.94. The Balaban J connectivity index is 2.33. The molecule has 0 spiro atoms. The Kier molecular flexibility index (Phi) is 2.26. The number of hydrogen-bond donors (Lipinski definition) is 2. The average Bonchev–Trinajstić information content (AvgIpc) is 2.92. The molecule has 0 aliphatic heterocycles. The summed E-state index contributed by atoms with van der Waals surface area (Å²) in [5, 5.41) is 4.70. The molecular formula is C13H13N3O2. The van der Waals surface area contributed by atoms with Gasteiger partial charge in [0, 0.05) is 16.6 Å². The van der Waals surface area contributed by atoms with Crippen molar-refractivity contribution in [2.75, 3.05) is 12.8 Å². The number of fused-ring (bicyclic) bond motifs is 1. The zero-order valence-electron chi connectivity index (χ0n) is 10.2. The van der Waals surface area contributed by atoms with Gasteiger partial charge in [-0.05, 0) is 25.1 Å². The van der Waals surface area contributed by atoms with Gasteiger partial charge in [-0.3, -0.25) is 0 Å². The molecule has 3 aromatic rings. The molecule has 0 saturated carbocycles. The first-order valence-electron chi connectivity index (χ1n) is 5.57. The minimum absolute atomic E-state index is 0.500. The Labute approximate surface area is 104 Å². The monoisotopic (exact) mass is 243 g/mol. The Hall–Kier alpha value is -2.43. The van der Waals surface area contributed by atoms with Crippen molar-refractivity contribution in [3.8, 4) is 17.1 Å². The summed E-state index contributed by atoms with van der Waals surface area (Å²) >= 11 is 0. The maximum absolute atomic E-state index is 5.83. The van der Waals surface area contributed by atoms with Crippen LogP contribution >= 0.6 is 0 Å². The van der Waals surface area contributed by atoms with Crippen LogP contribution in [0.5, 0.6) is 5.75 Å². The second kappa shape index (κ2) is 3.80. The number of anilines is 1. The van der Waals surface area contributed by atoms with Gasteiger partial charge >= 0.3 is 0 Å². The highest BCUT2D eigenvalue weighted by molar-refractivity contribution is 5.94. The molecule has 2 heterocycles. The number of aromatic nitrogens is 2. The van der Waals surface area contributed by atoms with Gasteiger partial charge in [0.05, 0.1) is 18.9 Å². The van der Waals surface area contributed by atoms with Crippen LogP contribution in [-0.4, -0.2) is 17.3 Å². The average molecular weight is 243 g/mol. The molecular weight excluding hydrogens is 230 g/mol. The molecule has 0 atom stereocenters. The third-order valence-electron chi connectivity index (χ3n) is 2.94. The number of methoxy groups -OCH3 is 1. The van der Waals surface area contributed by atoms with E-state index in [2.05, 4.69) is 10.1 Å². The van der Waals surface area contributed by atoms with E-state index in [9.17, 15) is 0 Å². The maximum atomic E-state index is 5.83. The molecule has 1 aromatic carbocycles. The normalized spacial score (nSPS) is 11.0. The van der Waals surface area contributed by atoms with E-state index >= 15 is 0 Å². The van der Waals surface area contributed by atoms with Crippen LogP contribution < -0.4 is 10.5 Å². The number of hydrogen-bond acceptors (Lipinski definition) is 4. The number of aryl methyl sites for hydroxylation is 1. The lowest BCUT2D eigenvalue weighted by atomic mass is 10.1. The fraction of sp³-hybridized carbons (Fsp3) is 0.154.